The minimum absolute atomic E-state index is 0.00779. The predicted octanol–water partition coefficient (Wildman–Crippen LogP) is 3.01. The van der Waals surface area contributed by atoms with E-state index in [0.717, 1.165) is 5.56 Å². The van der Waals surface area contributed by atoms with Gasteiger partial charge in [0.25, 0.3) is 0 Å². The lowest BCUT2D eigenvalue weighted by Crippen LogP contribution is -2.50. The zero-order chi connectivity index (χ0) is 22.1. The summed E-state index contributed by atoms with van der Waals surface area (Å²) in [5.74, 6) is -1.27. The first-order chi connectivity index (χ1) is 13.7. The van der Waals surface area contributed by atoms with E-state index >= 15 is 0 Å². The average molecular weight is 444 g/mol. The fourth-order valence-electron chi connectivity index (χ4n) is 3.00. The van der Waals surface area contributed by atoms with E-state index in [1.54, 1.807) is 18.2 Å². The summed E-state index contributed by atoms with van der Waals surface area (Å²) in [6, 6.07) is 6.49. The van der Waals surface area contributed by atoms with E-state index in [9.17, 15) is 13.2 Å². The van der Waals surface area contributed by atoms with Crippen LogP contribution in [-0.4, -0.2) is 48.7 Å². The van der Waals surface area contributed by atoms with Gasteiger partial charge in [-0.1, -0.05) is 30.7 Å². The maximum Gasteiger partial charge on any atom is 0.508 e. The summed E-state index contributed by atoms with van der Waals surface area (Å²) in [4.78, 5) is 12.2. The molecular weight excluding hydrogens is 410 g/mol. The fourth-order valence-corrected chi connectivity index (χ4v) is 7.37. The molecule has 0 bridgehead atoms. The topological polar surface area (TPSA) is 105 Å². The maximum atomic E-state index is 12.8. The van der Waals surface area contributed by atoms with Crippen molar-refractivity contribution < 1.29 is 26.5 Å². The summed E-state index contributed by atoms with van der Waals surface area (Å²) in [5, 5.41) is 0. The van der Waals surface area contributed by atoms with Crippen molar-refractivity contribution in [3.05, 3.63) is 41.5 Å². The summed E-state index contributed by atoms with van der Waals surface area (Å²) >= 11 is 0. The Kier molecular flexibility index (Phi) is 10.2. The van der Waals surface area contributed by atoms with E-state index in [2.05, 4.69) is 0 Å². The first kappa shape index (κ1) is 25.5. The highest BCUT2D eigenvalue weighted by Crippen LogP contribution is 2.32. The minimum atomic E-state index is -3.73. The molecule has 0 saturated carbocycles. The van der Waals surface area contributed by atoms with Crippen molar-refractivity contribution in [3.8, 4) is 0 Å². The van der Waals surface area contributed by atoms with Crippen molar-refractivity contribution in [2.45, 2.75) is 51.5 Å². The molecule has 0 saturated heterocycles. The number of amides is 1. The molecule has 0 radical (unpaired) electrons. The van der Waals surface area contributed by atoms with Crippen LogP contribution in [-0.2, 0) is 27.9 Å². The van der Waals surface area contributed by atoms with Gasteiger partial charge in [-0.15, -0.1) is 0 Å². The van der Waals surface area contributed by atoms with E-state index in [0.29, 0.717) is 26.2 Å². The fraction of sp³-hybridized carbons (Fsp3) is 0.550. The van der Waals surface area contributed by atoms with Crippen LogP contribution in [0.3, 0.4) is 0 Å². The van der Waals surface area contributed by atoms with Gasteiger partial charge in [0.1, 0.15) is 0 Å². The van der Waals surface area contributed by atoms with Crippen molar-refractivity contribution in [2.75, 3.05) is 25.6 Å². The van der Waals surface area contributed by atoms with Gasteiger partial charge in [0.15, 0.2) is 9.84 Å². The molecular formula is C20H33NO6SSi. The Labute approximate surface area is 175 Å². The van der Waals surface area contributed by atoms with Gasteiger partial charge < -0.3 is 19.0 Å². The second kappa shape index (κ2) is 11.6. The third-order valence-electron chi connectivity index (χ3n) is 4.37. The number of allylic oxidation sites excluding steroid dienone is 1. The van der Waals surface area contributed by atoms with Crippen LogP contribution in [0.4, 0.5) is 0 Å². The molecule has 1 atom stereocenters. The number of hydrogen-bond donors (Lipinski definition) is 1. The molecule has 0 aromatic heterocycles. The smallest absolute Gasteiger partial charge is 0.373 e. The maximum absolute atomic E-state index is 12.8. The van der Waals surface area contributed by atoms with E-state index < -0.39 is 35.8 Å². The van der Waals surface area contributed by atoms with Gasteiger partial charge in [0, 0.05) is 30.9 Å². The number of carbonyl (C=O) groups excluding carboxylic acids is 1. The Hall–Kier alpha value is -1.52. The molecule has 1 aromatic carbocycles. The zero-order valence-corrected chi connectivity index (χ0v) is 19.8. The lowest BCUT2D eigenvalue weighted by Gasteiger charge is -2.33. The highest BCUT2D eigenvalue weighted by molar-refractivity contribution is 7.91. The van der Waals surface area contributed by atoms with E-state index in [1.165, 1.54) is 12.1 Å². The molecule has 0 aliphatic heterocycles. The molecule has 0 aliphatic carbocycles. The van der Waals surface area contributed by atoms with Gasteiger partial charge >= 0.3 is 8.80 Å². The first-order valence-corrected chi connectivity index (χ1v) is 13.3. The molecule has 1 amide bonds. The van der Waals surface area contributed by atoms with Gasteiger partial charge in [0.2, 0.25) is 5.91 Å². The Bertz CT molecular complexity index is 775. The number of carbonyl (C=O) groups is 1. The summed E-state index contributed by atoms with van der Waals surface area (Å²) in [6.45, 7) is 10.4. The van der Waals surface area contributed by atoms with Crippen molar-refractivity contribution in [1.29, 1.82) is 0 Å². The van der Waals surface area contributed by atoms with Crippen LogP contribution < -0.4 is 5.73 Å². The highest BCUT2D eigenvalue weighted by atomic mass is 32.2. The van der Waals surface area contributed by atoms with Gasteiger partial charge in [-0.2, -0.15) is 0 Å². The molecule has 0 spiro atoms. The van der Waals surface area contributed by atoms with Gasteiger partial charge in [-0.3, -0.25) is 4.79 Å². The Balaban J connectivity index is 3.35. The van der Waals surface area contributed by atoms with E-state index in [4.69, 9.17) is 19.0 Å². The molecule has 1 rings (SSSR count). The van der Waals surface area contributed by atoms with Crippen molar-refractivity contribution >= 4 is 24.5 Å². The average Bonchev–Trinajstić information content (AvgIpc) is 2.65. The third kappa shape index (κ3) is 7.04. The standard InChI is InChI=1S/C20H33NO6SSi/c1-6-19(29(25-7-2,26-8-3)27-9-4)14-17(20(21)22)15-28(23,24)18-12-10-16(5)11-13-18/h10-14,19H,6-9,15H2,1-5H3,(H2,21,22)/b17-14+. The first-order valence-electron chi connectivity index (χ1n) is 9.87. The Morgan fingerprint density at radius 1 is 1.03 bits per heavy atom. The monoisotopic (exact) mass is 443 g/mol. The number of aryl methyl sites for hydroxylation is 1. The van der Waals surface area contributed by atoms with Crippen LogP contribution in [0.5, 0.6) is 0 Å². The number of hydrogen-bond acceptors (Lipinski definition) is 6. The SMILES string of the molecule is CCO[Si](OCC)(OCC)C(/C=C(\CS(=O)(=O)c1ccc(C)cc1)C(N)=O)CC. The quantitative estimate of drug-likeness (QED) is 0.371. The normalized spacial score (nSPS) is 14.0. The van der Waals surface area contributed by atoms with Crippen LogP contribution in [0, 0.1) is 6.92 Å². The number of benzene rings is 1. The van der Waals surface area contributed by atoms with E-state index in [1.807, 2.05) is 34.6 Å². The number of primary amides is 1. The van der Waals surface area contributed by atoms with Crippen molar-refractivity contribution in [1.82, 2.24) is 0 Å². The van der Waals surface area contributed by atoms with Gasteiger partial charge in [-0.25, -0.2) is 8.42 Å². The van der Waals surface area contributed by atoms with Crippen molar-refractivity contribution in [2.24, 2.45) is 5.73 Å². The van der Waals surface area contributed by atoms with Gasteiger partial charge in [0.05, 0.1) is 10.6 Å². The summed E-state index contributed by atoms with van der Waals surface area (Å²) < 4.78 is 43.4. The summed E-state index contributed by atoms with van der Waals surface area (Å²) in [7, 11) is -6.91. The third-order valence-corrected chi connectivity index (χ3v) is 9.61. The predicted molar refractivity (Wildman–Crippen MR) is 115 cm³/mol. The number of nitrogens with two attached hydrogens (primary N) is 1. The summed E-state index contributed by atoms with van der Waals surface area (Å²) in [5.41, 5.74) is 6.10. The van der Waals surface area contributed by atoms with E-state index in [-0.39, 0.29) is 10.5 Å². The molecule has 7 nitrogen and oxygen atoms in total. The van der Waals surface area contributed by atoms with Crippen LogP contribution >= 0.6 is 0 Å². The van der Waals surface area contributed by atoms with Crippen LogP contribution in [0.15, 0.2) is 40.8 Å². The molecule has 0 fully saturated rings. The summed E-state index contributed by atoms with van der Waals surface area (Å²) in [6.07, 6.45) is 2.12. The molecule has 164 valence electrons. The molecule has 2 N–H and O–H groups in total. The number of sulfone groups is 1. The molecule has 0 heterocycles. The molecule has 0 aliphatic rings. The second-order valence-electron chi connectivity index (χ2n) is 6.55. The molecule has 1 unspecified atom stereocenters. The second-order valence-corrected chi connectivity index (χ2v) is 11.3. The van der Waals surface area contributed by atoms with Crippen LogP contribution in [0.25, 0.3) is 0 Å². The van der Waals surface area contributed by atoms with Crippen LogP contribution in [0.1, 0.15) is 39.7 Å². The molecule has 1 aromatic rings. The van der Waals surface area contributed by atoms with Crippen LogP contribution in [0.2, 0.25) is 5.54 Å². The van der Waals surface area contributed by atoms with Crippen molar-refractivity contribution in [3.63, 3.8) is 0 Å². The lowest BCUT2D eigenvalue weighted by molar-refractivity contribution is -0.114. The Morgan fingerprint density at radius 3 is 1.90 bits per heavy atom. The largest absolute Gasteiger partial charge is 0.508 e. The molecule has 9 heteroatoms. The zero-order valence-electron chi connectivity index (χ0n) is 17.9. The minimum Gasteiger partial charge on any atom is -0.373 e. The van der Waals surface area contributed by atoms with Gasteiger partial charge in [-0.05, 0) is 46.2 Å². The highest BCUT2D eigenvalue weighted by Gasteiger charge is 2.47. The number of rotatable bonds is 13. The Morgan fingerprint density at radius 2 is 1.52 bits per heavy atom. The lowest BCUT2D eigenvalue weighted by atomic mass is 10.2. The molecule has 29 heavy (non-hydrogen) atoms.